The number of aliphatic carboxylic acids is 1. The third-order valence-electron chi connectivity index (χ3n) is 3.63. The molecule has 19 heavy (non-hydrogen) atoms. The monoisotopic (exact) mass is 273 g/mol. The van der Waals surface area contributed by atoms with E-state index in [4.69, 9.17) is 5.11 Å². The molecule has 3 nitrogen and oxygen atoms in total. The van der Waals surface area contributed by atoms with Crippen molar-refractivity contribution in [2.75, 3.05) is 6.54 Å². The first-order valence-electron chi connectivity index (χ1n) is 6.00. The van der Waals surface area contributed by atoms with Gasteiger partial charge in [-0.25, -0.2) is 13.2 Å². The molecule has 1 N–H and O–H groups in total. The fraction of sp³-hybridized carbons (Fsp3) is 0.462. The van der Waals surface area contributed by atoms with Gasteiger partial charge < -0.3 is 5.11 Å². The Kier molecular flexibility index (Phi) is 3.80. The van der Waals surface area contributed by atoms with Crippen molar-refractivity contribution in [3.05, 3.63) is 35.1 Å². The first-order chi connectivity index (χ1) is 8.90. The minimum Gasteiger partial charge on any atom is -0.481 e. The quantitative estimate of drug-likeness (QED) is 0.860. The van der Waals surface area contributed by atoms with Crippen LogP contribution in [0.1, 0.15) is 18.9 Å². The summed E-state index contributed by atoms with van der Waals surface area (Å²) in [6, 6.07) is 1.67. The third kappa shape index (κ3) is 2.73. The highest BCUT2D eigenvalue weighted by Gasteiger charge is 2.35. The highest BCUT2D eigenvalue weighted by molar-refractivity contribution is 5.71. The zero-order valence-corrected chi connectivity index (χ0v) is 10.4. The maximum Gasteiger partial charge on any atom is 0.308 e. The fourth-order valence-electron chi connectivity index (χ4n) is 2.49. The molecule has 1 heterocycles. The molecule has 0 saturated carbocycles. The number of hydrogen-bond acceptors (Lipinski definition) is 2. The second-order valence-corrected chi connectivity index (χ2v) is 4.82. The number of hydrogen-bond donors (Lipinski definition) is 1. The van der Waals surface area contributed by atoms with Gasteiger partial charge in [-0.1, -0.05) is 0 Å². The minimum atomic E-state index is -1.48. The molecule has 1 saturated heterocycles. The van der Waals surface area contributed by atoms with Gasteiger partial charge in [0.1, 0.15) is 0 Å². The van der Waals surface area contributed by atoms with Crippen molar-refractivity contribution in [3.63, 3.8) is 0 Å². The number of carboxylic acids is 1. The van der Waals surface area contributed by atoms with Crippen LogP contribution >= 0.6 is 0 Å². The number of carboxylic acid groups (broad SMARTS) is 1. The van der Waals surface area contributed by atoms with Crippen molar-refractivity contribution in [2.24, 2.45) is 5.92 Å². The normalized spacial score (nSPS) is 23.8. The molecule has 0 radical (unpaired) electrons. The molecule has 1 fully saturated rings. The smallest absolute Gasteiger partial charge is 0.308 e. The highest BCUT2D eigenvalue weighted by Crippen LogP contribution is 2.26. The van der Waals surface area contributed by atoms with E-state index in [1.54, 1.807) is 6.92 Å². The number of rotatable bonds is 3. The van der Waals surface area contributed by atoms with Crippen LogP contribution in [-0.4, -0.2) is 28.6 Å². The van der Waals surface area contributed by atoms with E-state index in [0.717, 1.165) is 12.1 Å². The van der Waals surface area contributed by atoms with E-state index in [0.29, 0.717) is 18.5 Å². The molecule has 2 atom stereocenters. The maximum atomic E-state index is 13.1. The van der Waals surface area contributed by atoms with E-state index in [9.17, 15) is 18.0 Å². The van der Waals surface area contributed by atoms with E-state index in [1.165, 1.54) is 0 Å². The molecule has 0 amide bonds. The molecule has 0 bridgehead atoms. The molecule has 1 aromatic carbocycles. The molecule has 2 unspecified atom stereocenters. The predicted molar refractivity (Wildman–Crippen MR) is 61.9 cm³/mol. The number of benzene rings is 1. The molecule has 0 aliphatic carbocycles. The van der Waals surface area contributed by atoms with Crippen LogP contribution in [0.5, 0.6) is 0 Å². The van der Waals surface area contributed by atoms with Crippen LogP contribution in [-0.2, 0) is 11.3 Å². The maximum absolute atomic E-state index is 13.1. The topological polar surface area (TPSA) is 40.5 Å². The lowest BCUT2D eigenvalue weighted by atomic mass is 10.0. The lowest BCUT2D eigenvalue weighted by Crippen LogP contribution is -2.32. The standard InChI is InChI=1S/C13H14F3NO2/c1-7-9(13(18)19)2-3-17(7)6-8-4-10(14)12(16)11(15)5-8/h4-5,7,9H,2-3,6H2,1H3,(H,18,19). The number of halogens is 3. The highest BCUT2D eigenvalue weighted by atomic mass is 19.2. The lowest BCUT2D eigenvalue weighted by Gasteiger charge is -2.23. The van der Waals surface area contributed by atoms with Crippen LogP contribution in [0.3, 0.4) is 0 Å². The molecular weight excluding hydrogens is 259 g/mol. The van der Waals surface area contributed by atoms with Gasteiger partial charge in [0, 0.05) is 12.6 Å². The summed E-state index contributed by atoms with van der Waals surface area (Å²) in [5.74, 6) is -5.28. The van der Waals surface area contributed by atoms with E-state index < -0.39 is 29.3 Å². The van der Waals surface area contributed by atoms with Gasteiger partial charge in [0.05, 0.1) is 5.92 Å². The summed E-state index contributed by atoms with van der Waals surface area (Å²) in [6.45, 7) is 2.51. The van der Waals surface area contributed by atoms with Gasteiger partial charge in [-0.15, -0.1) is 0 Å². The zero-order chi connectivity index (χ0) is 14.2. The molecule has 1 aliphatic heterocycles. The van der Waals surface area contributed by atoms with E-state index >= 15 is 0 Å². The van der Waals surface area contributed by atoms with Crippen LogP contribution in [0.2, 0.25) is 0 Å². The average Bonchev–Trinajstić information content (AvgIpc) is 2.68. The molecule has 2 rings (SSSR count). The van der Waals surface area contributed by atoms with Crippen molar-refractivity contribution in [1.29, 1.82) is 0 Å². The number of nitrogens with zero attached hydrogens (tertiary/aromatic N) is 1. The molecule has 1 aliphatic rings. The van der Waals surface area contributed by atoms with Crippen LogP contribution in [0.15, 0.2) is 12.1 Å². The Morgan fingerprint density at radius 2 is 1.95 bits per heavy atom. The first-order valence-corrected chi connectivity index (χ1v) is 6.00. The Morgan fingerprint density at radius 1 is 1.37 bits per heavy atom. The van der Waals surface area contributed by atoms with Gasteiger partial charge >= 0.3 is 5.97 Å². The predicted octanol–water partition coefficient (Wildman–Crippen LogP) is 2.40. The van der Waals surface area contributed by atoms with Crippen molar-refractivity contribution < 1.29 is 23.1 Å². The van der Waals surface area contributed by atoms with Gasteiger partial charge in [-0.2, -0.15) is 0 Å². The number of likely N-dealkylation sites (tertiary alicyclic amines) is 1. The average molecular weight is 273 g/mol. The molecular formula is C13H14F3NO2. The second kappa shape index (κ2) is 5.21. The minimum absolute atomic E-state index is 0.207. The summed E-state index contributed by atoms with van der Waals surface area (Å²) in [7, 11) is 0. The van der Waals surface area contributed by atoms with Gasteiger partial charge in [0.25, 0.3) is 0 Å². The molecule has 104 valence electrons. The van der Waals surface area contributed by atoms with Crippen LogP contribution in [0, 0.1) is 23.4 Å². The van der Waals surface area contributed by atoms with Crippen molar-refractivity contribution >= 4 is 5.97 Å². The van der Waals surface area contributed by atoms with Gasteiger partial charge in [-0.3, -0.25) is 9.69 Å². The zero-order valence-electron chi connectivity index (χ0n) is 10.4. The van der Waals surface area contributed by atoms with Gasteiger partial charge in [-0.05, 0) is 37.6 Å². The van der Waals surface area contributed by atoms with E-state index in [1.807, 2.05) is 4.90 Å². The molecule has 6 heteroatoms. The number of carbonyl (C=O) groups is 1. The molecule has 0 spiro atoms. The Bertz CT molecular complexity index is 484. The Balaban J connectivity index is 2.12. The fourth-order valence-corrected chi connectivity index (χ4v) is 2.49. The van der Waals surface area contributed by atoms with Crippen LogP contribution < -0.4 is 0 Å². The van der Waals surface area contributed by atoms with Gasteiger partial charge in [0.15, 0.2) is 17.5 Å². The molecule has 1 aromatic rings. The Hall–Kier alpha value is -1.56. The Labute approximate surface area is 108 Å². The lowest BCUT2D eigenvalue weighted by molar-refractivity contribution is -0.142. The van der Waals surface area contributed by atoms with Crippen molar-refractivity contribution in [2.45, 2.75) is 25.9 Å². The summed E-state index contributed by atoms with van der Waals surface area (Å²) in [6.07, 6.45) is 0.503. The van der Waals surface area contributed by atoms with Gasteiger partial charge in [0.2, 0.25) is 0 Å². The molecule has 0 aromatic heterocycles. The van der Waals surface area contributed by atoms with Crippen LogP contribution in [0.25, 0.3) is 0 Å². The van der Waals surface area contributed by atoms with Crippen molar-refractivity contribution in [3.8, 4) is 0 Å². The summed E-state index contributed by atoms with van der Waals surface area (Å²) in [4.78, 5) is 12.8. The first kappa shape index (κ1) is 13.9. The SMILES string of the molecule is CC1C(C(=O)O)CCN1Cc1cc(F)c(F)c(F)c1. The van der Waals surface area contributed by atoms with Crippen LogP contribution in [0.4, 0.5) is 13.2 Å². The van der Waals surface area contributed by atoms with E-state index in [2.05, 4.69) is 0 Å². The summed E-state index contributed by atoms with van der Waals surface area (Å²) < 4.78 is 39.0. The van der Waals surface area contributed by atoms with Crippen molar-refractivity contribution in [1.82, 2.24) is 4.90 Å². The third-order valence-corrected chi connectivity index (χ3v) is 3.63. The summed E-state index contributed by atoms with van der Waals surface area (Å²) >= 11 is 0. The Morgan fingerprint density at radius 3 is 2.42 bits per heavy atom. The summed E-state index contributed by atoms with van der Waals surface area (Å²) in [5, 5.41) is 9.00. The largest absolute Gasteiger partial charge is 0.481 e. The second-order valence-electron chi connectivity index (χ2n) is 4.82. The van der Waals surface area contributed by atoms with E-state index in [-0.39, 0.29) is 12.6 Å². The summed E-state index contributed by atoms with van der Waals surface area (Å²) in [5.41, 5.74) is 0.300.